The van der Waals surface area contributed by atoms with Gasteiger partial charge in [0.05, 0.1) is 25.7 Å². The van der Waals surface area contributed by atoms with E-state index in [0.29, 0.717) is 19.1 Å². The van der Waals surface area contributed by atoms with Crippen LogP contribution in [0.15, 0.2) is 24.3 Å². The van der Waals surface area contributed by atoms with Crippen LogP contribution in [0.2, 0.25) is 0 Å². The van der Waals surface area contributed by atoms with Gasteiger partial charge in [-0.3, -0.25) is 19.4 Å². The maximum atomic E-state index is 12.6. The van der Waals surface area contributed by atoms with E-state index in [9.17, 15) is 9.59 Å². The number of nitrogens with one attached hydrogen (secondary N) is 2. The van der Waals surface area contributed by atoms with Crippen molar-refractivity contribution in [3.05, 3.63) is 35.4 Å². The minimum absolute atomic E-state index is 0.0112. The number of fused-ring (bicyclic) bond motifs is 1. The molecule has 1 atom stereocenters. The lowest BCUT2D eigenvalue weighted by atomic mass is 10.0. The monoisotopic (exact) mass is 428 g/mol. The number of carbonyl (C=O) groups is 2. The van der Waals surface area contributed by atoms with E-state index in [1.807, 2.05) is 0 Å². The molecule has 2 fully saturated rings. The lowest BCUT2D eigenvalue weighted by molar-refractivity contribution is -0.135. The lowest BCUT2D eigenvalue weighted by Gasteiger charge is -2.38. The number of hydrogen-bond donors (Lipinski definition) is 2. The normalized spacial score (nSPS) is 22.8. The van der Waals surface area contributed by atoms with Gasteiger partial charge in [0.1, 0.15) is 0 Å². The molecule has 2 N–H and O–H groups in total. The van der Waals surface area contributed by atoms with E-state index in [1.54, 1.807) is 0 Å². The quantitative estimate of drug-likeness (QED) is 0.574. The number of piperazine rings is 1. The van der Waals surface area contributed by atoms with Crippen molar-refractivity contribution >= 4 is 11.8 Å². The van der Waals surface area contributed by atoms with Crippen molar-refractivity contribution in [2.75, 3.05) is 52.5 Å². The summed E-state index contributed by atoms with van der Waals surface area (Å²) in [7, 11) is 0. The first-order valence-corrected chi connectivity index (χ1v) is 11.9. The summed E-state index contributed by atoms with van der Waals surface area (Å²) in [5, 5.41) is 5.99. The van der Waals surface area contributed by atoms with Crippen LogP contribution in [0.25, 0.3) is 0 Å². The Morgan fingerprint density at radius 2 is 1.81 bits per heavy atom. The van der Waals surface area contributed by atoms with Gasteiger partial charge in [0, 0.05) is 38.8 Å². The number of nitrogens with zero attached hydrogens (tertiary/aromatic N) is 2. The SMILES string of the molecule is O=C(C[C@H]1C(=O)NCCN1C1Cc2ccccc2C1)NCCCCCN1CCOCC1. The van der Waals surface area contributed by atoms with Gasteiger partial charge < -0.3 is 15.4 Å². The van der Waals surface area contributed by atoms with Gasteiger partial charge in [-0.05, 0) is 43.4 Å². The highest BCUT2D eigenvalue weighted by molar-refractivity contribution is 5.88. The predicted molar refractivity (Wildman–Crippen MR) is 120 cm³/mol. The molecule has 3 aliphatic rings. The fourth-order valence-electron chi connectivity index (χ4n) is 5.09. The molecule has 4 rings (SSSR count). The topological polar surface area (TPSA) is 73.9 Å². The zero-order chi connectivity index (χ0) is 21.5. The molecular formula is C24H36N4O3. The molecule has 170 valence electrons. The number of unbranched alkanes of at least 4 members (excludes halogenated alkanes) is 2. The fourth-order valence-corrected chi connectivity index (χ4v) is 5.09. The first kappa shape index (κ1) is 22.2. The van der Waals surface area contributed by atoms with E-state index in [2.05, 4.69) is 44.7 Å². The number of ether oxygens (including phenoxy) is 1. The van der Waals surface area contributed by atoms with Gasteiger partial charge in [-0.1, -0.05) is 30.7 Å². The molecule has 1 aliphatic carbocycles. The van der Waals surface area contributed by atoms with Crippen LogP contribution in [0.1, 0.15) is 36.8 Å². The predicted octanol–water partition coefficient (Wildman–Crippen LogP) is 0.963. The molecule has 0 unspecified atom stereocenters. The summed E-state index contributed by atoms with van der Waals surface area (Å²) < 4.78 is 5.38. The van der Waals surface area contributed by atoms with E-state index in [-0.39, 0.29) is 24.3 Å². The average Bonchev–Trinajstić information content (AvgIpc) is 3.22. The second kappa shape index (κ2) is 11.1. The summed E-state index contributed by atoms with van der Waals surface area (Å²) in [6, 6.07) is 8.46. The van der Waals surface area contributed by atoms with Gasteiger partial charge in [-0.2, -0.15) is 0 Å². The average molecular weight is 429 g/mol. The first-order valence-electron chi connectivity index (χ1n) is 11.9. The number of hydrogen-bond acceptors (Lipinski definition) is 5. The molecule has 0 aromatic heterocycles. The molecule has 2 amide bonds. The van der Waals surface area contributed by atoms with Crippen molar-refractivity contribution in [2.45, 2.75) is 50.6 Å². The highest BCUT2D eigenvalue weighted by Gasteiger charge is 2.37. The molecule has 2 heterocycles. The Morgan fingerprint density at radius 1 is 1.06 bits per heavy atom. The van der Waals surface area contributed by atoms with Gasteiger partial charge in [0.15, 0.2) is 0 Å². The van der Waals surface area contributed by atoms with Crippen molar-refractivity contribution in [3.8, 4) is 0 Å². The highest BCUT2D eigenvalue weighted by Crippen LogP contribution is 2.28. The van der Waals surface area contributed by atoms with Gasteiger partial charge in [-0.25, -0.2) is 0 Å². The van der Waals surface area contributed by atoms with E-state index in [0.717, 1.165) is 71.5 Å². The molecule has 0 spiro atoms. The molecular weight excluding hydrogens is 392 g/mol. The zero-order valence-electron chi connectivity index (χ0n) is 18.5. The molecule has 2 saturated heterocycles. The third kappa shape index (κ3) is 6.05. The smallest absolute Gasteiger partial charge is 0.237 e. The Hall–Kier alpha value is -1.96. The van der Waals surface area contributed by atoms with Crippen molar-refractivity contribution in [1.82, 2.24) is 20.4 Å². The third-order valence-corrected chi connectivity index (χ3v) is 6.83. The molecule has 2 aliphatic heterocycles. The van der Waals surface area contributed by atoms with Crippen molar-refractivity contribution in [1.29, 1.82) is 0 Å². The maximum Gasteiger partial charge on any atom is 0.237 e. The third-order valence-electron chi connectivity index (χ3n) is 6.83. The summed E-state index contributed by atoms with van der Waals surface area (Å²) >= 11 is 0. The van der Waals surface area contributed by atoms with Crippen LogP contribution in [0.5, 0.6) is 0 Å². The van der Waals surface area contributed by atoms with Gasteiger partial charge in [0.2, 0.25) is 11.8 Å². The van der Waals surface area contributed by atoms with Crippen LogP contribution in [0.3, 0.4) is 0 Å². The first-order chi connectivity index (χ1) is 15.2. The van der Waals surface area contributed by atoms with E-state index < -0.39 is 0 Å². The second-order valence-corrected chi connectivity index (χ2v) is 8.94. The van der Waals surface area contributed by atoms with Crippen LogP contribution in [-0.2, 0) is 27.2 Å². The molecule has 31 heavy (non-hydrogen) atoms. The largest absolute Gasteiger partial charge is 0.379 e. The molecule has 0 saturated carbocycles. The Kier molecular flexibility index (Phi) is 7.94. The molecule has 7 nitrogen and oxygen atoms in total. The van der Waals surface area contributed by atoms with Crippen LogP contribution in [-0.4, -0.2) is 86.2 Å². The Labute approximate surface area is 185 Å². The summed E-state index contributed by atoms with van der Waals surface area (Å²) in [4.78, 5) is 29.9. The number of rotatable bonds is 9. The number of benzene rings is 1. The van der Waals surface area contributed by atoms with E-state index in [1.165, 1.54) is 11.1 Å². The summed E-state index contributed by atoms with van der Waals surface area (Å²) in [5.41, 5.74) is 2.75. The zero-order valence-corrected chi connectivity index (χ0v) is 18.5. The minimum Gasteiger partial charge on any atom is -0.379 e. The van der Waals surface area contributed by atoms with E-state index in [4.69, 9.17) is 4.74 Å². The van der Waals surface area contributed by atoms with Gasteiger partial charge in [0.25, 0.3) is 0 Å². The van der Waals surface area contributed by atoms with Gasteiger partial charge >= 0.3 is 0 Å². The second-order valence-electron chi connectivity index (χ2n) is 8.94. The van der Waals surface area contributed by atoms with Crippen LogP contribution in [0, 0.1) is 0 Å². The van der Waals surface area contributed by atoms with Crippen LogP contribution < -0.4 is 10.6 Å². The minimum atomic E-state index is -0.366. The highest BCUT2D eigenvalue weighted by atomic mass is 16.5. The number of amides is 2. The Bertz CT molecular complexity index is 725. The van der Waals surface area contributed by atoms with Crippen LogP contribution in [0.4, 0.5) is 0 Å². The molecule has 1 aromatic rings. The molecule has 1 aromatic carbocycles. The Balaban J connectivity index is 1.18. The van der Waals surface area contributed by atoms with Crippen molar-refractivity contribution < 1.29 is 14.3 Å². The van der Waals surface area contributed by atoms with Gasteiger partial charge in [-0.15, -0.1) is 0 Å². The molecule has 7 heteroatoms. The molecule has 0 radical (unpaired) electrons. The van der Waals surface area contributed by atoms with Crippen molar-refractivity contribution in [2.24, 2.45) is 0 Å². The molecule has 0 bridgehead atoms. The Morgan fingerprint density at radius 3 is 2.55 bits per heavy atom. The fraction of sp³-hybridized carbons (Fsp3) is 0.667. The lowest BCUT2D eigenvalue weighted by Crippen LogP contribution is -2.59. The maximum absolute atomic E-state index is 12.6. The standard InChI is InChI=1S/C24H36N4O3/c29-23(25-8-4-1-5-10-27-12-14-31-15-13-27)18-22-24(30)26-9-11-28(22)21-16-19-6-2-3-7-20(19)17-21/h2-3,6-7,21-22H,1,4-5,8-18H2,(H,25,29)(H,26,30)/t22-/m0/s1. The summed E-state index contributed by atoms with van der Waals surface area (Å²) in [5.74, 6) is -0.0291. The number of carbonyl (C=O) groups excluding carboxylic acids is 2. The van der Waals surface area contributed by atoms with E-state index >= 15 is 0 Å². The van der Waals surface area contributed by atoms with Crippen molar-refractivity contribution in [3.63, 3.8) is 0 Å². The van der Waals surface area contributed by atoms with Crippen LogP contribution >= 0.6 is 0 Å². The summed E-state index contributed by atoms with van der Waals surface area (Å²) in [6.07, 6.45) is 5.40. The summed E-state index contributed by atoms with van der Waals surface area (Å²) in [6.45, 7) is 7.01. The number of morpholine rings is 1.